The maximum absolute atomic E-state index is 9.53. The van der Waals surface area contributed by atoms with Crippen molar-refractivity contribution < 1.29 is 14.9 Å². The molecule has 0 aliphatic carbocycles. The molecule has 14 heavy (non-hydrogen) atoms. The number of rotatable bonds is 1. The Balaban J connectivity index is 2.74. The molecule has 0 fully saturated rings. The van der Waals surface area contributed by atoms with Gasteiger partial charge in [0.15, 0.2) is 11.5 Å². The van der Waals surface area contributed by atoms with Crippen LogP contribution in [0.4, 0.5) is 0 Å². The number of hydrogen-bond donors (Lipinski definition) is 2. The van der Waals surface area contributed by atoms with Gasteiger partial charge >= 0.3 is 0 Å². The van der Waals surface area contributed by atoms with E-state index in [2.05, 4.69) is 0 Å². The Labute approximate surface area is 81.2 Å². The van der Waals surface area contributed by atoms with Gasteiger partial charge in [0.25, 0.3) is 0 Å². The van der Waals surface area contributed by atoms with Gasteiger partial charge in [-0.1, -0.05) is 6.07 Å². The number of hydrogen-bond acceptors (Lipinski definition) is 3. The normalized spacial score (nSPS) is 10.4. The van der Waals surface area contributed by atoms with E-state index in [9.17, 15) is 10.2 Å². The first-order valence-electron chi connectivity index (χ1n) is 4.21. The molecule has 0 aromatic heterocycles. The summed E-state index contributed by atoms with van der Waals surface area (Å²) < 4.78 is 5.05. The van der Waals surface area contributed by atoms with Crippen molar-refractivity contribution in [3.63, 3.8) is 0 Å². The first kappa shape index (κ1) is 8.69. The van der Waals surface area contributed by atoms with E-state index < -0.39 is 0 Å². The monoisotopic (exact) mass is 190 g/mol. The second kappa shape index (κ2) is 3.10. The summed E-state index contributed by atoms with van der Waals surface area (Å²) in [7, 11) is 1.58. The molecule has 0 heterocycles. The van der Waals surface area contributed by atoms with Crippen LogP contribution >= 0.6 is 0 Å². The molecule has 2 aromatic carbocycles. The Kier molecular flexibility index (Phi) is 1.93. The van der Waals surface area contributed by atoms with Gasteiger partial charge in [-0.15, -0.1) is 0 Å². The van der Waals surface area contributed by atoms with Gasteiger partial charge in [-0.05, 0) is 29.7 Å². The lowest BCUT2D eigenvalue weighted by Gasteiger charge is -2.05. The zero-order valence-corrected chi connectivity index (χ0v) is 7.69. The molecule has 3 nitrogen and oxygen atoms in total. The van der Waals surface area contributed by atoms with Crippen LogP contribution in [0.3, 0.4) is 0 Å². The number of aromatic hydroxyl groups is 2. The zero-order valence-electron chi connectivity index (χ0n) is 7.69. The number of benzene rings is 2. The molecular weight excluding hydrogens is 180 g/mol. The number of methoxy groups -OCH3 is 1. The fraction of sp³-hybridized carbons (Fsp3) is 0.0909. The van der Waals surface area contributed by atoms with Crippen LogP contribution in [0.2, 0.25) is 0 Å². The van der Waals surface area contributed by atoms with Gasteiger partial charge in [0.1, 0.15) is 5.75 Å². The van der Waals surface area contributed by atoms with Crippen molar-refractivity contribution in [1.29, 1.82) is 0 Å². The van der Waals surface area contributed by atoms with E-state index in [1.807, 2.05) is 0 Å². The van der Waals surface area contributed by atoms with E-state index in [-0.39, 0.29) is 11.5 Å². The maximum Gasteiger partial charge on any atom is 0.165 e. The molecule has 0 unspecified atom stereocenters. The minimum Gasteiger partial charge on any atom is -0.504 e. The van der Waals surface area contributed by atoms with Crippen molar-refractivity contribution in [2.24, 2.45) is 0 Å². The van der Waals surface area contributed by atoms with Gasteiger partial charge in [0, 0.05) is 5.39 Å². The molecule has 0 atom stereocenters. The fourth-order valence-electron chi connectivity index (χ4n) is 1.41. The van der Waals surface area contributed by atoms with Crippen molar-refractivity contribution in [3.05, 3.63) is 30.3 Å². The molecule has 0 aliphatic heterocycles. The highest BCUT2D eigenvalue weighted by molar-refractivity contribution is 5.91. The third-order valence-corrected chi connectivity index (χ3v) is 2.18. The van der Waals surface area contributed by atoms with E-state index in [0.717, 1.165) is 11.1 Å². The molecule has 0 saturated carbocycles. The smallest absolute Gasteiger partial charge is 0.165 e. The summed E-state index contributed by atoms with van der Waals surface area (Å²) in [5.41, 5.74) is 0. The van der Waals surface area contributed by atoms with Gasteiger partial charge in [-0.2, -0.15) is 0 Å². The van der Waals surface area contributed by atoms with Gasteiger partial charge in [0.2, 0.25) is 0 Å². The van der Waals surface area contributed by atoms with Crippen LogP contribution in [0.25, 0.3) is 10.8 Å². The first-order chi connectivity index (χ1) is 6.72. The maximum atomic E-state index is 9.53. The average molecular weight is 190 g/mol. The molecule has 2 aromatic rings. The standard InChI is InChI=1S/C11H10O3/c1-14-8-3-4-9-7(6-8)2-5-10(12)11(9)13/h2-6,12-13H,1H3. The van der Waals surface area contributed by atoms with Gasteiger partial charge in [-0.25, -0.2) is 0 Å². The molecule has 0 radical (unpaired) electrons. The van der Waals surface area contributed by atoms with E-state index in [1.54, 1.807) is 31.4 Å². The number of phenolic OH excluding ortho intramolecular Hbond substituents is 2. The van der Waals surface area contributed by atoms with E-state index in [1.165, 1.54) is 6.07 Å². The van der Waals surface area contributed by atoms with Crippen molar-refractivity contribution >= 4 is 10.8 Å². The lowest BCUT2D eigenvalue weighted by Crippen LogP contribution is -1.82. The highest BCUT2D eigenvalue weighted by Crippen LogP contribution is 2.34. The second-order valence-electron chi connectivity index (χ2n) is 3.02. The van der Waals surface area contributed by atoms with Crippen LogP contribution in [0.5, 0.6) is 17.2 Å². The van der Waals surface area contributed by atoms with Crippen molar-refractivity contribution in [3.8, 4) is 17.2 Å². The average Bonchev–Trinajstić information content (AvgIpc) is 2.23. The highest BCUT2D eigenvalue weighted by atomic mass is 16.5. The first-order valence-corrected chi connectivity index (χ1v) is 4.21. The molecule has 3 heteroatoms. The Bertz CT molecular complexity index is 477. The molecule has 0 saturated heterocycles. The summed E-state index contributed by atoms with van der Waals surface area (Å²) in [5.74, 6) is 0.524. The van der Waals surface area contributed by atoms with Crippen LogP contribution < -0.4 is 4.74 Å². The Hall–Kier alpha value is -1.90. The van der Waals surface area contributed by atoms with Crippen molar-refractivity contribution in [2.45, 2.75) is 0 Å². The lowest BCUT2D eigenvalue weighted by atomic mass is 10.1. The summed E-state index contributed by atoms with van der Waals surface area (Å²) in [6.45, 7) is 0. The molecule has 0 aliphatic rings. The van der Waals surface area contributed by atoms with Crippen molar-refractivity contribution in [1.82, 2.24) is 0 Å². The summed E-state index contributed by atoms with van der Waals surface area (Å²) in [5, 5.41) is 20.2. The van der Waals surface area contributed by atoms with Crippen molar-refractivity contribution in [2.75, 3.05) is 7.11 Å². The fourth-order valence-corrected chi connectivity index (χ4v) is 1.41. The minimum atomic E-state index is -0.109. The number of phenols is 2. The van der Waals surface area contributed by atoms with E-state index in [4.69, 9.17) is 4.74 Å². The second-order valence-corrected chi connectivity index (χ2v) is 3.02. The van der Waals surface area contributed by atoms with Crippen LogP contribution in [-0.4, -0.2) is 17.3 Å². The Morgan fingerprint density at radius 1 is 1.07 bits per heavy atom. The summed E-state index contributed by atoms with van der Waals surface area (Å²) in [6.07, 6.45) is 0. The molecule has 0 amide bonds. The summed E-state index contributed by atoms with van der Waals surface area (Å²) in [6, 6.07) is 8.43. The number of fused-ring (bicyclic) bond motifs is 1. The predicted molar refractivity (Wildman–Crippen MR) is 53.8 cm³/mol. The summed E-state index contributed by atoms with van der Waals surface area (Å²) in [4.78, 5) is 0. The molecule has 0 bridgehead atoms. The topological polar surface area (TPSA) is 49.7 Å². The molecule has 2 N–H and O–H groups in total. The lowest BCUT2D eigenvalue weighted by molar-refractivity contribution is 0.407. The highest BCUT2D eigenvalue weighted by Gasteiger charge is 2.05. The molecule has 72 valence electrons. The summed E-state index contributed by atoms with van der Waals surface area (Å²) >= 11 is 0. The van der Waals surface area contributed by atoms with Crippen LogP contribution in [0.1, 0.15) is 0 Å². The van der Waals surface area contributed by atoms with Crippen LogP contribution in [0.15, 0.2) is 30.3 Å². The zero-order chi connectivity index (χ0) is 10.1. The Morgan fingerprint density at radius 3 is 2.57 bits per heavy atom. The molecule has 0 spiro atoms. The van der Waals surface area contributed by atoms with Gasteiger partial charge in [0.05, 0.1) is 7.11 Å². The number of ether oxygens (including phenoxy) is 1. The Morgan fingerprint density at radius 2 is 1.86 bits per heavy atom. The van der Waals surface area contributed by atoms with E-state index >= 15 is 0 Å². The SMILES string of the molecule is COc1ccc2c(O)c(O)ccc2c1. The van der Waals surface area contributed by atoms with Crippen LogP contribution in [0, 0.1) is 0 Å². The van der Waals surface area contributed by atoms with Gasteiger partial charge < -0.3 is 14.9 Å². The minimum absolute atomic E-state index is 0.0925. The van der Waals surface area contributed by atoms with Gasteiger partial charge in [-0.3, -0.25) is 0 Å². The quantitative estimate of drug-likeness (QED) is 0.678. The third kappa shape index (κ3) is 1.23. The molecular formula is C11H10O3. The van der Waals surface area contributed by atoms with Crippen LogP contribution in [-0.2, 0) is 0 Å². The predicted octanol–water partition coefficient (Wildman–Crippen LogP) is 2.26. The molecule has 2 rings (SSSR count). The largest absolute Gasteiger partial charge is 0.504 e. The third-order valence-electron chi connectivity index (χ3n) is 2.18. The van der Waals surface area contributed by atoms with E-state index in [0.29, 0.717) is 5.39 Å².